The Morgan fingerprint density at radius 3 is 1.72 bits per heavy atom. The highest BCUT2D eigenvalue weighted by Crippen LogP contribution is 2.59. The number of benzene rings is 9. The van der Waals surface area contributed by atoms with Gasteiger partial charge in [-0.25, -0.2) is 0 Å². The fourth-order valence-electron chi connectivity index (χ4n) is 10.3. The molecule has 12 rings (SSSR count). The maximum absolute atomic E-state index is 4.87. The highest BCUT2D eigenvalue weighted by molar-refractivity contribution is 7.26. The van der Waals surface area contributed by atoms with E-state index in [1.807, 2.05) is 17.4 Å². The highest BCUT2D eigenvalue weighted by Gasteiger charge is 2.33. The molecule has 2 heterocycles. The van der Waals surface area contributed by atoms with Gasteiger partial charge in [-0.15, -0.1) is 21.5 Å². The monoisotopic (exact) mass is 835 g/mol. The zero-order valence-corrected chi connectivity index (χ0v) is 36.3. The predicted octanol–water partition coefficient (Wildman–Crippen LogP) is 16.1. The Kier molecular flexibility index (Phi) is 9.20. The molecule has 4 heteroatoms. The van der Waals surface area contributed by atoms with Crippen LogP contribution in [0.25, 0.3) is 109 Å². The summed E-state index contributed by atoms with van der Waals surface area (Å²) in [5.41, 5.74) is 24.0. The molecular weight excluding hydrogens is 795 g/mol. The van der Waals surface area contributed by atoms with Crippen LogP contribution in [0, 0.1) is 13.8 Å². The molecule has 1 aliphatic carbocycles. The van der Waals surface area contributed by atoms with Crippen LogP contribution in [0.2, 0.25) is 0 Å². The molecule has 0 N–H and O–H groups in total. The molecular formula is C60H41N3S. The first-order valence-corrected chi connectivity index (χ1v) is 22.7. The molecule has 302 valence electrons. The summed E-state index contributed by atoms with van der Waals surface area (Å²) in [6.45, 7) is 4.63. The van der Waals surface area contributed by atoms with E-state index in [4.69, 9.17) is 5.10 Å². The van der Waals surface area contributed by atoms with Crippen molar-refractivity contribution >= 4 is 31.5 Å². The normalized spacial score (nSPS) is 11.8. The highest BCUT2D eigenvalue weighted by atomic mass is 32.1. The van der Waals surface area contributed by atoms with Gasteiger partial charge in [-0.2, -0.15) is 0 Å². The minimum Gasteiger partial charge on any atom is -0.139 e. The van der Waals surface area contributed by atoms with Crippen LogP contribution in [-0.2, 0) is 6.42 Å². The zero-order valence-electron chi connectivity index (χ0n) is 35.5. The molecule has 0 saturated heterocycles. The average molecular weight is 836 g/mol. The van der Waals surface area contributed by atoms with Crippen molar-refractivity contribution in [2.24, 2.45) is 0 Å². The Bertz CT molecular complexity index is 3560. The van der Waals surface area contributed by atoms with Crippen molar-refractivity contribution < 1.29 is 0 Å². The van der Waals surface area contributed by atoms with Gasteiger partial charge in [0.2, 0.25) is 0 Å². The van der Waals surface area contributed by atoms with Crippen molar-refractivity contribution in [1.82, 2.24) is 15.4 Å². The van der Waals surface area contributed by atoms with Gasteiger partial charge in [0.1, 0.15) is 0 Å². The van der Waals surface area contributed by atoms with Gasteiger partial charge in [-0.3, -0.25) is 0 Å². The van der Waals surface area contributed by atoms with Crippen molar-refractivity contribution in [3.8, 4) is 89.1 Å². The van der Waals surface area contributed by atoms with E-state index in [-0.39, 0.29) is 0 Å². The molecule has 0 unspecified atom stereocenters. The van der Waals surface area contributed by atoms with E-state index >= 15 is 0 Å². The van der Waals surface area contributed by atoms with E-state index in [1.165, 1.54) is 86.9 Å². The van der Waals surface area contributed by atoms with Crippen LogP contribution in [-0.4, -0.2) is 15.4 Å². The van der Waals surface area contributed by atoms with Crippen molar-refractivity contribution in [3.63, 3.8) is 0 Å². The van der Waals surface area contributed by atoms with Crippen LogP contribution >= 0.6 is 11.3 Å². The third-order valence-electron chi connectivity index (χ3n) is 13.2. The molecule has 0 bridgehead atoms. The standard InChI is InChI=1S/C60H41N3S/c1-37-35-48-44-28-16-15-27-43(44)36-49(48)52(38(37)2)59-54(41-23-11-5-12-24-41)57(58-46-29-17-18-30-51(46)64-60(58)55(59)42-25-13-6-14-26-42)47-32-31-45(39-19-7-3-8-20-39)53(40-21-9-4-10-22-40)56(47)50-33-34-61-63-62-50/h3-35H,36H2,1-2H3. The summed E-state index contributed by atoms with van der Waals surface area (Å²) in [6, 6.07) is 70.8. The van der Waals surface area contributed by atoms with Crippen molar-refractivity contribution in [3.05, 3.63) is 223 Å². The SMILES string of the molecule is Cc1cc2c(c(-c3c(-c4ccccc4)c(-c4ccc(-c5ccccc5)c(-c5ccccc5)c4-c4ccnnn4)c4c(sc5ccccc54)c3-c3ccccc3)c1C)Cc1ccccc1-2. The number of aromatic nitrogens is 3. The quantitative estimate of drug-likeness (QED) is 0.161. The van der Waals surface area contributed by atoms with Crippen LogP contribution in [0.4, 0.5) is 0 Å². The van der Waals surface area contributed by atoms with Crippen molar-refractivity contribution in [1.29, 1.82) is 0 Å². The van der Waals surface area contributed by atoms with Gasteiger partial charge in [0.05, 0.1) is 11.9 Å². The lowest BCUT2D eigenvalue weighted by molar-refractivity contribution is 0.871. The average Bonchev–Trinajstić information content (AvgIpc) is 3.93. The predicted molar refractivity (Wildman–Crippen MR) is 268 cm³/mol. The largest absolute Gasteiger partial charge is 0.139 e. The van der Waals surface area contributed by atoms with E-state index in [2.05, 4.69) is 212 Å². The molecule has 1 aliphatic rings. The molecule has 0 radical (unpaired) electrons. The lowest BCUT2D eigenvalue weighted by Gasteiger charge is -2.28. The second-order valence-corrected chi connectivity index (χ2v) is 17.8. The fraction of sp³-hybridized carbons (Fsp3) is 0.0500. The maximum atomic E-state index is 4.87. The molecule has 0 saturated carbocycles. The minimum absolute atomic E-state index is 0.769. The summed E-state index contributed by atoms with van der Waals surface area (Å²) >= 11 is 1.90. The summed E-state index contributed by atoms with van der Waals surface area (Å²) in [5.74, 6) is 0. The summed E-state index contributed by atoms with van der Waals surface area (Å²) in [6.07, 6.45) is 2.64. The van der Waals surface area contributed by atoms with Gasteiger partial charge in [0.15, 0.2) is 0 Å². The van der Waals surface area contributed by atoms with Crippen LogP contribution in [0.15, 0.2) is 200 Å². The van der Waals surface area contributed by atoms with Crippen molar-refractivity contribution in [2.45, 2.75) is 20.3 Å². The third-order valence-corrected chi connectivity index (χ3v) is 14.4. The summed E-state index contributed by atoms with van der Waals surface area (Å²) in [4.78, 5) is 0. The Morgan fingerprint density at radius 2 is 1.03 bits per heavy atom. The first kappa shape index (κ1) is 37.9. The number of fused-ring (bicyclic) bond motifs is 6. The zero-order chi connectivity index (χ0) is 42.7. The summed E-state index contributed by atoms with van der Waals surface area (Å²) in [5, 5.41) is 15.9. The van der Waals surface area contributed by atoms with Crippen LogP contribution in [0.3, 0.4) is 0 Å². The lowest BCUT2D eigenvalue weighted by atomic mass is 9.75. The van der Waals surface area contributed by atoms with E-state index < -0.39 is 0 Å². The van der Waals surface area contributed by atoms with Gasteiger partial charge in [0, 0.05) is 36.9 Å². The van der Waals surface area contributed by atoms with Crippen LogP contribution in [0.1, 0.15) is 22.3 Å². The summed E-state index contributed by atoms with van der Waals surface area (Å²) < 4.78 is 2.52. The van der Waals surface area contributed by atoms with Crippen LogP contribution in [0.5, 0.6) is 0 Å². The van der Waals surface area contributed by atoms with Crippen LogP contribution < -0.4 is 0 Å². The van der Waals surface area contributed by atoms with E-state index in [0.717, 1.165) is 51.1 Å². The molecule has 0 atom stereocenters. The first-order valence-electron chi connectivity index (χ1n) is 21.9. The van der Waals surface area contributed by atoms with E-state index in [1.54, 1.807) is 6.20 Å². The van der Waals surface area contributed by atoms with Crippen molar-refractivity contribution in [2.75, 3.05) is 0 Å². The molecule has 0 spiro atoms. The molecule has 0 amide bonds. The molecule has 2 aromatic heterocycles. The molecule has 0 aliphatic heterocycles. The Morgan fingerprint density at radius 1 is 0.438 bits per heavy atom. The molecule has 3 nitrogen and oxygen atoms in total. The Hall–Kier alpha value is -7.79. The number of nitrogens with zero attached hydrogens (tertiary/aromatic N) is 3. The molecule has 64 heavy (non-hydrogen) atoms. The first-order chi connectivity index (χ1) is 31.6. The molecule has 9 aromatic carbocycles. The smallest absolute Gasteiger partial charge is 0.0976 e. The second-order valence-electron chi connectivity index (χ2n) is 16.7. The van der Waals surface area contributed by atoms with Gasteiger partial charge in [-0.1, -0.05) is 182 Å². The maximum Gasteiger partial charge on any atom is 0.0976 e. The number of hydrogen-bond acceptors (Lipinski definition) is 4. The topological polar surface area (TPSA) is 38.7 Å². The molecule has 11 aromatic rings. The number of hydrogen-bond donors (Lipinski definition) is 0. The van der Waals surface area contributed by atoms with E-state index in [0.29, 0.717) is 0 Å². The van der Waals surface area contributed by atoms with Gasteiger partial charge in [0.25, 0.3) is 0 Å². The second kappa shape index (κ2) is 15.5. The Labute approximate surface area is 377 Å². The fourth-order valence-corrected chi connectivity index (χ4v) is 11.6. The Balaban J connectivity index is 1.36. The minimum atomic E-state index is 0.769. The van der Waals surface area contributed by atoms with Gasteiger partial charge < -0.3 is 0 Å². The summed E-state index contributed by atoms with van der Waals surface area (Å²) in [7, 11) is 0. The number of aryl methyl sites for hydroxylation is 1. The number of rotatable bonds is 7. The van der Waals surface area contributed by atoms with E-state index in [9.17, 15) is 0 Å². The number of thiophene rings is 1. The lowest BCUT2D eigenvalue weighted by Crippen LogP contribution is -2.03. The third kappa shape index (κ3) is 6.06. The van der Waals surface area contributed by atoms with Gasteiger partial charge in [-0.05, 0) is 127 Å². The van der Waals surface area contributed by atoms with Gasteiger partial charge >= 0.3 is 0 Å². The molecule has 0 fully saturated rings.